The Morgan fingerprint density at radius 1 is 0.977 bits per heavy atom. The molecule has 0 amide bonds. The molecule has 43 heavy (non-hydrogen) atoms. The van der Waals surface area contributed by atoms with Crippen molar-refractivity contribution >= 4 is 66.2 Å². The quantitative estimate of drug-likeness (QED) is 0.126. The molecule has 6 rings (SSSR count). The maximum Gasteiger partial charge on any atom is 0.386 e. The minimum absolute atomic E-state index is 0.0729. The number of hydrogen-bond donors (Lipinski definition) is 4. The SMILES string of the molecule is CCOP(=O)(S)OC[C@H]1O[C@@H](n2cnc3c(N)ncnc32)C[C@@H]1OP(=O)(S)OC[C@H]1C[C@@H](n2cnc3c(=O)[nH]cnc32)C1. The second-order valence-corrected chi connectivity index (χ2v) is 15.9. The molecule has 1 aliphatic heterocycles. The van der Waals surface area contributed by atoms with E-state index in [0.29, 0.717) is 29.7 Å². The molecule has 3 N–H and O–H groups in total. The number of thiol groups is 2. The number of aromatic amines is 1. The number of nitrogens with zero attached hydrogens (tertiary/aromatic N) is 7. The number of nitrogens with one attached hydrogen (secondary N) is 1. The predicted molar refractivity (Wildman–Crippen MR) is 160 cm³/mol. The molecule has 0 spiro atoms. The van der Waals surface area contributed by atoms with Gasteiger partial charge >= 0.3 is 13.6 Å². The molecule has 17 nitrogen and oxygen atoms in total. The van der Waals surface area contributed by atoms with Crippen LogP contribution in [0.1, 0.15) is 38.5 Å². The third-order valence-electron chi connectivity index (χ3n) is 7.28. The Morgan fingerprint density at radius 2 is 1.70 bits per heavy atom. The lowest BCUT2D eigenvalue weighted by molar-refractivity contribution is -0.0371. The Labute approximate surface area is 254 Å². The van der Waals surface area contributed by atoms with Crippen molar-refractivity contribution in [2.45, 2.75) is 50.7 Å². The van der Waals surface area contributed by atoms with Crippen LogP contribution < -0.4 is 11.3 Å². The minimum atomic E-state index is -3.88. The van der Waals surface area contributed by atoms with Gasteiger partial charge in [-0.1, -0.05) is 24.5 Å². The predicted octanol–water partition coefficient (Wildman–Crippen LogP) is 3.31. The van der Waals surface area contributed by atoms with Crippen LogP contribution in [0.2, 0.25) is 0 Å². The topological polar surface area (TPSA) is 213 Å². The monoisotopic (exact) mass is 673 g/mol. The summed E-state index contributed by atoms with van der Waals surface area (Å²) in [5.41, 5.74) is 7.24. The van der Waals surface area contributed by atoms with Gasteiger partial charge in [0.25, 0.3) is 5.56 Å². The van der Waals surface area contributed by atoms with Gasteiger partial charge in [-0.2, -0.15) is 0 Å². The normalized spacial score (nSPS) is 26.8. The van der Waals surface area contributed by atoms with E-state index < -0.39 is 32.0 Å². The lowest BCUT2D eigenvalue weighted by Crippen LogP contribution is -2.30. The highest BCUT2D eigenvalue weighted by atomic mass is 32.7. The van der Waals surface area contributed by atoms with E-state index in [1.54, 1.807) is 17.8 Å². The Kier molecular flexibility index (Phi) is 8.71. The van der Waals surface area contributed by atoms with Crippen LogP contribution in [-0.2, 0) is 32.0 Å². The third-order valence-corrected chi connectivity index (χ3v) is 10.7. The molecule has 232 valence electrons. The molecule has 4 aromatic rings. The van der Waals surface area contributed by atoms with E-state index >= 15 is 0 Å². The summed E-state index contributed by atoms with van der Waals surface area (Å²) in [6, 6.07) is 0.0729. The fourth-order valence-electron chi connectivity index (χ4n) is 5.18. The Hall–Kier alpha value is -2.34. The van der Waals surface area contributed by atoms with Gasteiger partial charge in [0, 0.05) is 12.5 Å². The molecule has 2 aliphatic rings. The molecule has 1 saturated carbocycles. The first-order valence-electron chi connectivity index (χ1n) is 13.3. The maximum atomic E-state index is 13.3. The lowest BCUT2D eigenvalue weighted by Gasteiger charge is -2.36. The zero-order chi connectivity index (χ0) is 30.4. The smallest absolute Gasteiger partial charge is 0.382 e. The summed E-state index contributed by atoms with van der Waals surface area (Å²) >= 11 is 8.19. The summed E-state index contributed by atoms with van der Waals surface area (Å²) in [5, 5.41) is 0. The summed E-state index contributed by atoms with van der Waals surface area (Å²) < 4.78 is 57.5. The average molecular weight is 674 g/mol. The molecule has 2 unspecified atom stereocenters. The Morgan fingerprint density at radius 3 is 2.49 bits per heavy atom. The second-order valence-electron chi connectivity index (χ2n) is 10.1. The first kappa shape index (κ1) is 30.7. The van der Waals surface area contributed by atoms with Gasteiger partial charge in [0.15, 0.2) is 22.6 Å². The van der Waals surface area contributed by atoms with Gasteiger partial charge in [0.1, 0.15) is 30.3 Å². The van der Waals surface area contributed by atoms with Gasteiger partial charge in [-0.25, -0.2) is 34.0 Å². The van der Waals surface area contributed by atoms with Crippen LogP contribution in [0.4, 0.5) is 5.82 Å². The van der Waals surface area contributed by atoms with Gasteiger partial charge in [-0.3, -0.25) is 18.4 Å². The summed E-state index contributed by atoms with van der Waals surface area (Å²) in [5.74, 6) is 0.281. The molecule has 2 fully saturated rings. The molecule has 1 saturated heterocycles. The number of ether oxygens (including phenoxy) is 1. The van der Waals surface area contributed by atoms with Crippen LogP contribution in [0, 0.1) is 5.92 Å². The summed E-state index contributed by atoms with van der Waals surface area (Å²) in [4.78, 5) is 35.3. The molecule has 4 aromatic heterocycles. The fourth-order valence-corrected chi connectivity index (χ4v) is 8.05. The van der Waals surface area contributed by atoms with Crippen molar-refractivity contribution in [1.82, 2.24) is 39.0 Å². The van der Waals surface area contributed by atoms with Crippen molar-refractivity contribution < 1.29 is 32.0 Å². The van der Waals surface area contributed by atoms with Crippen molar-refractivity contribution in [3.8, 4) is 0 Å². The van der Waals surface area contributed by atoms with E-state index in [1.807, 2.05) is 4.57 Å². The van der Waals surface area contributed by atoms with Gasteiger partial charge < -0.3 is 29.1 Å². The number of H-pyrrole nitrogens is 1. The van der Waals surface area contributed by atoms with E-state index in [2.05, 4.69) is 54.4 Å². The number of imidazole rings is 2. The fraction of sp³-hybridized carbons (Fsp3) is 0.545. The van der Waals surface area contributed by atoms with Crippen LogP contribution in [0.25, 0.3) is 22.3 Å². The highest BCUT2D eigenvalue weighted by Gasteiger charge is 2.43. The van der Waals surface area contributed by atoms with E-state index in [1.165, 1.54) is 19.0 Å². The van der Waals surface area contributed by atoms with E-state index in [4.69, 9.17) is 28.6 Å². The van der Waals surface area contributed by atoms with E-state index in [-0.39, 0.29) is 55.1 Å². The molecule has 0 bridgehead atoms. The number of anilines is 1. The summed E-state index contributed by atoms with van der Waals surface area (Å²) in [6.07, 6.45) is 4.99. The number of hydrogen-bond acceptors (Lipinski definition) is 14. The number of aromatic nitrogens is 8. The van der Waals surface area contributed by atoms with Crippen molar-refractivity contribution in [3.63, 3.8) is 0 Å². The Bertz CT molecular complexity index is 1780. The third kappa shape index (κ3) is 6.55. The summed E-state index contributed by atoms with van der Waals surface area (Å²) in [6.45, 7) is -5.86. The van der Waals surface area contributed by atoms with E-state index in [9.17, 15) is 13.9 Å². The average Bonchev–Trinajstić information content (AvgIpc) is 3.65. The van der Waals surface area contributed by atoms with Crippen molar-refractivity contribution in [2.75, 3.05) is 25.6 Å². The van der Waals surface area contributed by atoms with Crippen molar-refractivity contribution in [1.29, 1.82) is 0 Å². The van der Waals surface area contributed by atoms with Crippen LogP contribution in [0.5, 0.6) is 0 Å². The molecule has 5 atom stereocenters. The molecule has 21 heteroatoms. The minimum Gasteiger partial charge on any atom is -0.382 e. The molecule has 0 aromatic carbocycles. The zero-order valence-electron chi connectivity index (χ0n) is 22.7. The van der Waals surface area contributed by atoms with Crippen LogP contribution in [-0.4, -0.2) is 71.1 Å². The van der Waals surface area contributed by atoms with Gasteiger partial charge in [0.2, 0.25) is 0 Å². The van der Waals surface area contributed by atoms with Gasteiger partial charge in [-0.05, 0) is 25.7 Å². The van der Waals surface area contributed by atoms with E-state index in [0.717, 1.165) is 0 Å². The second kappa shape index (κ2) is 12.2. The van der Waals surface area contributed by atoms with Gasteiger partial charge in [-0.15, -0.1) is 0 Å². The molecule has 1 aliphatic carbocycles. The van der Waals surface area contributed by atoms with Crippen LogP contribution in [0.15, 0.2) is 30.1 Å². The first-order chi connectivity index (χ1) is 20.5. The van der Waals surface area contributed by atoms with Crippen molar-refractivity contribution in [2.24, 2.45) is 5.92 Å². The highest BCUT2D eigenvalue weighted by molar-refractivity contribution is 8.44. The number of fused-ring (bicyclic) bond motifs is 2. The van der Waals surface area contributed by atoms with Crippen LogP contribution >= 0.6 is 38.1 Å². The highest BCUT2D eigenvalue weighted by Crippen LogP contribution is 2.58. The zero-order valence-corrected chi connectivity index (χ0v) is 26.3. The number of nitrogens with two attached hydrogens (primary N) is 1. The number of rotatable bonds is 12. The van der Waals surface area contributed by atoms with Crippen molar-refractivity contribution in [3.05, 3.63) is 35.7 Å². The number of nitrogen functional groups attached to an aromatic ring is 1. The Balaban J connectivity index is 1.10. The summed E-state index contributed by atoms with van der Waals surface area (Å²) in [7, 11) is 0. The molecular weight excluding hydrogens is 644 g/mol. The maximum absolute atomic E-state index is 13.3. The molecular formula is C22H29N9O8P2S2. The molecule has 0 radical (unpaired) electrons. The van der Waals surface area contributed by atoms with Crippen LogP contribution in [0.3, 0.4) is 0 Å². The van der Waals surface area contributed by atoms with Gasteiger partial charge in [0.05, 0.1) is 38.8 Å². The molecule has 5 heterocycles. The lowest BCUT2D eigenvalue weighted by atomic mass is 9.81. The standard InChI is InChI=1S/C22H29N9O8P2S2/c1-2-35-40(33,42)37-7-15-14(5-16(38-15)31-11-28-17-19(23)24-8-25-20(17)31)39-41(34,43)36-6-12-3-13(4-12)30-10-29-18-21(30)26-9-27-22(18)32/h8-16H,2-7H2,1H3,(H,33,42)(H,34,43)(H2,23,24,25)(H,26,27,32)/t12-,13+,14-,15+,16+,40?,41?/m0/s1. The first-order valence-corrected chi connectivity index (χ1v) is 18.7. The largest absolute Gasteiger partial charge is 0.386 e.